The van der Waals surface area contributed by atoms with Gasteiger partial charge >= 0.3 is 0 Å². The third-order valence-corrected chi connectivity index (χ3v) is 3.43. The highest BCUT2D eigenvalue weighted by Gasteiger charge is 2.22. The zero-order chi connectivity index (χ0) is 10.8. The number of nitrogens with zero attached hydrogens (tertiary/aromatic N) is 2. The maximum Gasteiger partial charge on any atom is 0.129 e. The normalized spacial score (nSPS) is 23.0. The molecule has 0 aromatic carbocycles. The molecule has 1 aliphatic heterocycles. The van der Waals surface area contributed by atoms with E-state index in [1.807, 2.05) is 13.0 Å². The molecule has 0 amide bonds. The summed E-state index contributed by atoms with van der Waals surface area (Å²) in [5.74, 6) is 0. The summed E-state index contributed by atoms with van der Waals surface area (Å²) in [6.45, 7) is 3.23. The van der Waals surface area contributed by atoms with Gasteiger partial charge < -0.3 is 0 Å². The zero-order valence-corrected chi connectivity index (χ0v) is 10.1. The molecule has 1 aliphatic rings. The summed E-state index contributed by atoms with van der Waals surface area (Å²) in [5, 5.41) is 0.592. The summed E-state index contributed by atoms with van der Waals surface area (Å²) in [4.78, 5) is 6.74. The van der Waals surface area contributed by atoms with E-state index >= 15 is 0 Å². The lowest BCUT2D eigenvalue weighted by Crippen LogP contribution is -2.30. The number of rotatable bonds is 1. The van der Waals surface area contributed by atoms with Gasteiger partial charge in [-0.2, -0.15) is 0 Å². The molecule has 1 saturated heterocycles. The molecular weight excluding hydrogens is 208 g/mol. The Bertz CT molecular complexity index is 351. The SMILES string of the molecule is Cc1nc(Cl)ccc1[C@H]1CCCCN1C. The van der Waals surface area contributed by atoms with Gasteiger partial charge in [-0.1, -0.05) is 24.1 Å². The van der Waals surface area contributed by atoms with Crippen LogP contribution in [0.1, 0.15) is 36.6 Å². The quantitative estimate of drug-likeness (QED) is 0.681. The molecule has 0 N–H and O–H groups in total. The first kappa shape index (κ1) is 10.9. The predicted octanol–water partition coefficient (Wildman–Crippen LogP) is 3.20. The predicted molar refractivity (Wildman–Crippen MR) is 63.2 cm³/mol. The van der Waals surface area contributed by atoms with Crippen molar-refractivity contribution in [1.29, 1.82) is 0 Å². The van der Waals surface area contributed by atoms with E-state index in [0.29, 0.717) is 11.2 Å². The summed E-state index contributed by atoms with van der Waals surface area (Å²) in [5.41, 5.74) is 2.41. The van der Waals surface area contributed by atoms with Crippen molar-refractivity contribution in [2.75, 3.05) is 13.6 Å². The highest BCUT2D eigenvalue weighted by Crippen LogP contribution is 2.31. The second-order valence-electron chi connectivity index (χ2n) is 4.30. The van der Waals surface area contributed by atoms with Gasteiger partial charge in [-0.25, -0.2) is 4.98 Å². The fourth-order valence-corrected chi connectivity index (χ4v) is 2.55. The number of pyridine rings is 1. The molecule has 0 saturated carbocycles. The highest BCUT2D eigenvalue weighted by atomic mass is 35.5. The molecule has 15 heavy (non-hydrogen) atoms. The first-order valence-electron chi connectivity index (χ1n) is 5.52. The van der Waals surface area contributed by atoms with Crippen LogP contribution in [0.4, 0.5) is 0 Å². The average molecular weight is 225 g/mol. The monoisotopic (exact) mass is 224 g/mol. The van der Waals surface area contributed by atoms with Crippen molar-refractivity contribution < 1.29 is 0 Å². The summed E-state index contributed by atoms with van der Waals surface area (Å²) in [7, 11) is 2.19. The van der Waals surface area contributed by atoms with Crippen LogP contribution in [-0.4, -0.2) is 23.5 Å². The summed E-state index contributed by atoms with van der Waals surface area (Å²) in [6.07, 6.45) is 3.87. The number of hydrogen-bond acceptors (Lipinski definition) is 2. The largest absolute Gasteiger partial charge is 0.299 e. The van der Waals surface area contributed by atoms with Gasteiger partial charge in [-0.3, -0.25) is 4.90 Å². The number of aryl methyl sites for hydroxylation is 1. The van der Waals surface area contributed by atoms with Crippen LogP contribution in [0.15, 0.2) is 12.1 Å². The smallest absolute Gasteiger partial charge is 0.129 e. The van der Waals surface area contributed by atoms with E-state index in [0.717, 1.165) is 5.69 Å². The second kappa shape index (κ2) is 4.50. The molecule has 1 aromatic rings. The van der Waals surface area contributed by atoms with Crippen LogP contribution in [0.3, 0.4) is 0 Å². The topological polar surface area (TPSA) is 16.1 Å². The van der Waals surface area contributed by atoms with Crippen molar-refractivity contribution in [1.82, 2.24) is 9.88 Å². The van der Waals surface area contributed by atoms with Gasteiger partial charge in [0, 0.05) is 11.7 Å². The van der Waals surface area contributed by atoms with Crippen molar-refractivity contribution in [2.24, 2.45) is 0 Å². The van der Waals surface area contributed by atoms with Crippen LogP contribution in [0, 0.1) is 6.92 Å². The summed E-state index contributed by atoms with van der Waals surface area (Å²) in [6, 6.07) is 4.55. The first-order chi connectivity index (χ1) is 7.18. The van der Waals surface area contributed by atoms with Crippen LogP contribution in [0.5, 0.6) is 0 Å². The number of hydrogen-bond donors (Lipinski definition) is 0. The third-order valence-electron chi connectivity index (χ3n) is 3.22. The van der Waals surface area contributed by atoms with Crippen molar-refractivity contribution in [3.63, 3.8) is 0 Å². The molecule has 1 fully saturated rings. The van der Waals surface area contributed by atoms with Gasteiger partial charge in [0.05, 0.1) is 0 Å². The molecule has 2 rings (SSSR count). The molecule has 1 aromatic heterocycles. The lowest BCUT2D eigenvalue weighted by molar-refractivity contribution is 0.186. The van der Waals surface area contributed by atoms with Crippen molar-refractivity contribution in [3.05, 3.63) is 28.5 Å². The Kier molecular flexibility index (Phi) is 3.27. The van der Waals surface area contributed by atoms with Gasteiger partial charge in [-0.15, -0.1) is 0 Å². The molecule has 0 aliphatic carbocycles. The number of piperidine rings is 1. The molecule has 2 heterocycles. The van der Waals surface area contributed by atoms with Gasteiger partial charge in [-0.05, 0) is 45.0 Å². The van der Waals surface area contributed by atoms with E-state index in [1.165, 1.54) is 31.4 Å². The van der Waals surface area contributed by atoms with E-state index in [9.17, 15) is 0 Å². The maximum atomic E-state index is 5.87. The Morgan fingerprint density at radius 1 is 1.40 bits per heavy atom. The van der Waals surface area contributed by atoms with Gasteiger partial charge in [0.15, 0.2) is 0 Å². The number of halogens is 1. The standard InChI is InChI=1S/C12H17ClN2/c1-9-10(6-7-12(13)14-9)11-5-3-4-8-15(11)2/h6-7,11H,3-5,8H2,1-2H3/t11-/m1/s1. The van der Waals surface area contributed by atoms with Crippen LogP contribution >= 0.6 is 11.6 Å². The second-order valence-corrected chi connectivity index (χ2v) is 4.69. The van der Waals surface area contributed by atoms with E-state index in [4.69, 9.17) is 11.6 Å². The van der Waals surface area contributed by atoms with Crippen molar-refractivity contribution in [3.8, 4) is 0 Å². The van der Waals surface area contributed by atoms with Gasteiger partial charge in [0.1, 0.15) is 5.15 Å². The Labute approximate surface area is 96.3 Å². The minimum Gasteiger partial charge on any atom is -0.299 e. The van der Waals surface area contributed by atoms with E-state index in [-0.39, 0.29) is 0 Å². The zero-order valence-electron chi connectivity index (χ0n) is 9.33. The lowest BCUT2D eigenvalue weighted by atomic mass is 9.95. The van der Waals surface area contributed by atoms with Gasteiger partial charge in [0.25, 0.3) is 0 Å². The highest BCUT2D eigenvalue weighted by molar-refractivity contribution is 6.29. The summed E-state index contributed by atoms with van der Waals surface area (Å²) >= 11 is 5.87. The average Bonchev–Trinajstić information content (AvgIpc) is 2.20. The number of aromatic nitrogens is 1. The molecule has 0 unspecified atom stereocenters. The fraction of sp³-hybridized carbons (Fsp3) is 0.583. The Balaban J connectivity index is 2.27. The Morgan fingerprint density at radius 2 is 2.20 bits per heavy atom. The number of likely N-dealkylation sites (tertiary alicyclic amines) is 1. The van der Waals surface area contributed by atoms with Crippen LogP contribution in [-0.2, 0) is 0 Å². The van der Waals surface area contributed by atoms with E-state index < -0.39 is 0 Å². The molecule has 2 nitrogen and oxygen atoms in total. The molecule has 1 atom stereocenters. The van der Waals surface area contributed by atoms with Crippen LogP contribution < -0.4 is 0 Å². The molecule has 0 bridgehead atoms. The molecule has 82 valence electrons. The van der Waals surface area contributed by atoms with Crippen molar-refractivity contribution >= 4 is 11.6 Å². The summed E-state index contributed by atoms with van der Waals surface area (Å²) < 4.78 is 0. The first-order valence-corrected chi connectivity index (χ1v) is 5.89. The van der Waals surface area contributed by atoms with E-state index in [1.54, 1.807) is 0 Å². The molecule has 0 spiro atoms. The minimum absolute atomic E-state index is 0.531. The minimum atomic E-state index is 0.531. The van der Waals surface area contributed by atoms with Gasteiger partial charge in [0.2, 0.25) is 0 Å². The molecule has 3 heteroatoms. The Hall–Kier alpha value is -0.600. The van der Waals surface area contributed by atoms with Crippen LogP contribution in [0.25, 0.3) is 0 Å². The molecular formula is C12H17ClN2. The van der Waals surface area contributed by atoms with Crippen LogP contribution in [0.2, 0.25) is 5.15 Å². The van der Waals surface area contributed by atoms with Crippen molar-refractivity contribution in [2.45, 2.75) is 32.2 Å². The maximum absolute atomic E-state index is 5.87. The lowest BCUT2D eigenvalue weighted by Gasteiger charge is -2.33. The molecule has 0 radical (unpaired) electrons. The third kappa shape index (κ3) is 2.32. The fourth-order valence-electron chi connectivity index (χ4n) is 2.36. The Morgan fingerprint density at radius 3 is 2.87 bits per heavy atom. The van der Waals surface area contributed by atoms with E-state index in [2.05, 4.69) is 23.0 Å².